The van der Waals surface area contributed by atoms with E-state index in [1.54, 1.807) is 38.2 Å². The number of aliphatic hydroxyl groups excluding tert-OH is 1. The number of aliphatic hydroxyl groups is 1. The lowest BCUT2D eigenvalue weighted by Crippen LogP contribution is -2.27. The van der Waals surface area contributed by atoms with Crippen molar-refractivity contribution >= 4 is 35.2 Å². The Morgan fingerprint density at radius 2 is 2.00 bits per heavy atom. The van der Waals surface area contributed by atoms with Crippen molar-refractivity contribution in [1.82, 2.24) is 4.90 Å². The Bertz CT molecular complexity index is 452. The number of hydrogen-bond donors (Lipinski definition) is 1. The molecular formula is C14H17Cl2NO2. The van der Waals surface area contributed by atoms with Gasteiger partial charge in [0, 0.05) is 35.3 Å². The maximum absolute atomic E-state index is 11.8. The molecule has 1 aromatic carbocycles. The highest BCUT2D eigenvalue weighted by Gasteiger charge is 2.07. The number of halogens is 2. The summed E-state index contributed by atoms with van der Waals surface area (Å²) in [7, 11) is 1.68. The van der Waals surface area contributed by atoms with Crippen LogP contribution in [0.4, 0.5) is 0 Å². The average molecular weight is 302 g/mol. The average Bonchev–Trinajstić information content (AvgIpc) is 2.35. The SMILES string of the molecule is CC(O)CCN(C)C(=O)/C=C/c1c(Cl)cccc1Cl. The normalized spacial score (nSPS) is 12.7. The summed E-state index contributed by atoms with van der Waals surface area (Å²) in [6.07, 6.45) is 3.15. The molecular weight excluding hydrogens is 285 g/mol. The van der Waals surface area contributed by atoms with Crippen LogP contribution in [0.3, 0.4) is 0 Å². The van der Waals surface area contributed by atoms with Crippen LogP contribution in [0, 0.1) is 0 Å². The van der Waals surface area contributed by atoms with Gasteiger partial charge in [-0.25, -0.2) is 0 Å². The van der Waals surface area contributed by atoms with Crippen molar-refractivity contribution in [3.8, 4) is 0 Å². The molecule has 1 amide bonds. The minimum absolute atomic E-state index is 0.156. The predicted molar refractivity (Wildman–Crippen MR) is 79.4 cm³/mol. The van der Waals surface area contributed by atoms with E-state index in [9.17, 15) is 9.90 Å². The number of carbonyl (C=O) groups excluding carboxylic acids is 1. The van der Waals surface area contributed by atoms with Crippen molar-refractivity contribution < 1.29 is 9.90 Å². The molecule has 1 N–H and O–H groups in total. The fourth-order valence-corrected chi connectivity index (χ4v) is 1.97. The summed E-state index contributed by atoms with van der Waals surface area (Å²) in [5, 5.41) is 10.2. The van der Waals surface area contributed by atoms with Crippen LogP contribution in [0.25, 0.3) is 6.08 Å². The first-order valence-electron chi connectivity index (χ1n) is 5.97. The molecule has 1 rings (SSSR count). The third kappa shape index (κ3) is 5.23. The van der Waals surface area contributed by atoms with E-state index in [4.69, 9.17) is 23.2 Å². The first-order chi connectivity index (χ1) is 8.91. The maximum atomic E-state index is 11.8. The van der Waals surface area contributed by atoms with Crippen LogP contribution < -0.4 is 0 Å². The molecule has 5 heteroatoms. The lowest BCUT2D eigenvalue weighted by molar-refractivity contribution is -0.124. The Morgan fingerprint density at radius 1 is 1.42 bits per heavy atom. The van der Waals surface area contributed by atoms with Gasteiger partial charge in [-0.2, -0.15) is 0 Å². The van der Waals surface area contributed by atoms with Gasteiger partial charge in [-0.3, -0.25) is 4.79 Å². The topological polar surface area (TPSA) is 40.5 Å². The smallest absolute Gasteiger partial charge is 0.246 e. The summed E-state index contributed by atoms with van der Waals surface area (Å²) in [5.41, 5.74) is 0.628. The summed E-state index contributed by atoms with van der Waals surface area (Å²) >= 11 is 12.0. The van der Waals surface area contributed by atoms with Crippen LogP contribution in [-0.2, 0) is 4.79 Å². The molecule has 104 valence electrons. The van der Waals surface area contributed by atoms with Gasteiger partial charge in [-0.05, 0) is 31.6 Å². The first-order valence-corrected chi connectivity index (χ1v) is 6.72. The molecule has 3 nitrogen and oxygen atoms in total. The Morgan fingerprint density at radius 3 is 2.53 bits per heavy atom. The zero-order valence-electron chi connectivity index (χ0n) is 10.9. The van der Waals surface area contributed by atoms with Crippen molar-refractivity contribution in [3.05, 3.63) is 39.9 Å². The van der Waals surface area contributed by atoms with Crippen molar-refractivity contribution in [3.63, 3.8) is 0 Å². The van der Waals surface area contributed by atoms with Crippen LogP contribution >= 0.6 is 23.2 Å². The predicted octanol–water partition coefficient (Wildman–Crippen LogP) is 3.24. The van der Waals surface area contributed by atoms with Crippen molar-refractivity contribution in [2.24, 2.45) is 0 Å². The van der Waals surface area contributed by atoms with Crippen LogP contribution in [0.1, 0.15) is 18.9 Å². The van der Waals surface area contributed by atoms with Crippen molar-refractivity contribution in [2.75, 3.05) is 13.6 Å². The maximum Gasteiger partial charge on any atom is 0.246 e. The quantitative estimate of drug-likeness (QED) is 0.848. The summed E-state index contributed by atoms with van der Waals surface area (Å²) < 4.78 is 0. The van der Waals surface area contributed by atoms with E-state index in [-0.39, 0.29) is 5.91 Å². The molecule has 0 heterocycles. The second-order valence-corrected chi connectivity index (χ2v) is 5.18. The summed E-state index contributed by atoms with van der Waals surface area (Å²) in [6, 6.07) is 5.18. The second kappa shape index (κ2) is 7.53. The number of benzene rings is 1. The largest absolute Gasteiger partial charge is 0.393 e. The Kier molecular flexibility index (Phi) is 6.35. The highest BCUT2D eigenvalue weighted by Crippen LogP contribution is 2.25. The number of carbonyl (C=O) groups is 1. The first kappa shape index (κ1) is 16.0. The van der Waals surface area contributed by atoms with Crippen LogP contribution in [0.5, 0.6) is 0 Å². The van der Waals surface area contributed by atoms with Gasteiger partial charge >= 0.3 is 0 Å². The summed E-state index contributed by atoms with van der Waals surface area (Å²) in [4.78, 5) is 13.4. The van der Waals surface area contributed by atoms with Crippen molar-refractivity contribution in [1.29, 1.82) is 0 Å². The van der Waals surface area contributed by atoms with E-state index in [1.807, 2.05) is 0 Å². The van der Waals surface area contributed by atoms with Gasteiger partial charge in [0.05, 0.1) is 6.10 Å². The number of amides is 1. The summed E-state index contributed by atoms with van der Waals surface area (Å²) in [6.45, 7) is 2.19. The minimum Gasteiger partial charge on any atom is -0.393 e. The van der Waals surface area contributed by atoms with Gasteiger partial charge in [-0.1, -0.05) is 29.3 Å². The molecule has 0 fully saturated rings. The lowest BCUT2D eigenvalue weighted by atomic mass is 10.2. The third-order valence-corrected chi connectivity index (χ3v) is 3.31. The van der Waals surface area contributed by atoms with Crippen LogP contribution in [0.15, 0.2) is 24.3 Å². The molecule has 0 bridgehead atoms. The summed E-state index contributed by atoms with van der Waals surface area (Å²) in [5.74, 6) is -0.156. The standard InChI is InChI=1S/C14H17Cl2NO2/c1-10(18)8-9-17(2)14(19)7-6-11-12(15)4-3-5-13(11)16/h3-7,10,18H,8-9H2,1-2H3/b7-6+. The van der Waals surface area contributed by atoms with Crippen LogP contribution in [0.2, 0.25) is 10.0 Å². The second-order valence-electron chi connectivity index (χ2n) is 4.37. The van der Waals surface area contributed by atoms with E-state index in [0.717, 1.165) is 0 Å². The number of hydrogen-bond acceptors (Lipinski definition) is 2. The van der Waals surface area contributed by atoms with E-state index < -0.39 is 6.10 Å². The van der Waals surface area contributed by atoms with Gasteiger partial charge in [-0.15, -0.1) is 0 Å². The monoisotopic (exact) mass is 301 g/mol. The van der Waals surface area contributed by atoms with Crippen LogP contribution in [-0.4, -0.2) is 35.6 Å². The van der Waals surface area contributed by atoms with E-state index in [1.165, 1.54) is 11.0 Å². The minimum atomic E-state index is -0.419. The Hall–Kier alpha value is -1.03. The molecule has 19 heavy (non-hydrogen) atoms. The lowest BCUT2D eigenvalue weighted by Gasteiger charge is -2.15. The Balaban J connectivity index is 2.68. The number of likely N-dealkylation sites (N-methyl/N-ethyl adjacent to an activating group) is 1. The number of rotatable bonds is 5. The molecule has 0 aliphatic carbocycles. The van der Waals surface area contributed by atoms with Gasteiger partial charge < -0.3 is 10.0 Å². The Labute approximate surface area is 123 Å². The number of nitrogens with zero attached hydrogens (tertiary/aromatic N) is 1. The third-order valence-electron chi connectivity index (χ3n) is 2.65. The van der Waals surface area contributed by atoms with E-state index >= 15 is 0 Å². The zero-order valence-corrected chi connectivity index (χ0v) is 12.4. The molecule has 0 aliphatic rings. The fourth-order valence-electron chi connectivity index (χ4n) is 1.44. The zero-order chi connectivity index (χ0) is 14.4. The molecule has 0 saturated carbocycles. The van der Waals surface area contributed by atoms with Gasteiger partial charge in [0.1, 0.15) is 0 Å². The molecule has 0 radical (unpaired) electrons. The molecule has 0 aliphatic heterocycles. The van der Waals surface area contributed by atoms with Gasteiger partial charge in [0.15, 0.2) is 0 Å². The highest BCUT2D eigenvalue weighted by molar-refractivity contribution is 6.37. The van der Waals surface area contributed by atoms with Crippen molar-refractivity contribution in [2.45, 2.75) is 19.4 Å². The van der Waals surface area contributed by atoms with Gasteiger partial charge in [0.25, 0.3) is 0 Å². The molecule has 0 saturated heterocycles. The van der Waals surface area contributed by atoms with E-state index in [2.05, 4.69) is 0 Å². The molecule has 1 unspecified atom stereocenters. The van der Waals surface area contributed by atoms with E-state index in [0.29, 0.717) is 28.6 Å². The highest BCUT2D eigenvalue weighted by atomic mass is 35.5. The molecule has 1 atom stereocenters. The molecule has 0 spiro atoms. The molecule has 1 aromatic rings. The van der Waals surface area contributed by atoms with Gasteiger partial charge in [0.2, 0.25) is 5.91 Å². The fraction of sp³-hybridized carbons (Fsp3) is 0.357. The molecule has 0 aromatic heterocycles.